The van der Waals surface area contributed by atoms with Gasteiger partial charge in [-0.2, -0.15) is 0 Å². The van der Waals surface area contributed by atoms with Crippen LogP contribution >= 0.6 is 0 Å². The van der Waals surface area contributed by atoms with Crippen molar-refractivity contribution in [2.75, 3.05) is 85.9 Å². The molecule has 9 nitrogen and oxygen atoms in total. The maximum Gasteiger partial charge on any atom is 0.122 e. The Balaban J connectivity index is 2.25. The van der Waals surface area contributed by atoms with Crippen molar-refractivity contribution in [3.63, 3.8) is 0 Å². The van der Waals surface area contributed by atoms with E-state index in [0.717, 1.165) is 5.56 Å². The van der Waals surface area contributed by atoms with Crippen molar-refractivity contribution in [1.82, 2.24) is 0 Å². The van der Waals surface area contributed by atoms with Gasteiger partial charge in [0.25, 0.3) is 0 Å². The second-order valence-corrected chi connectivity index (χ2v) is 5.84. The van der Waals surface area contributed by atoms with E-state index in [1.165, 1.54) is 0 Å². The van der Waals surface area contributed by atoms with Crippen LogP contribution in [-0.4, -0.2) is 101 Å². The van der Waals surface area contributed by atoms with E-state index in [1.807, 2.05) is 18.2 Å². The molecule has 168 valence electrons. The zero-order chi connectivity index (χ0) is 21.0. The lowest BCUT2D eigenvalue weighted by Crippen LogP contribution is -2.13. The van der Waals surface area contributed by atoms with Crippen LogP contribution in [0.1, 0.15) is 5.56 Å². The molecule has 0 bridgehead atoms. The predicted octanol–water partition coefficient (Wildman–Crippen LogP) is 0.0300. The third-order valence-corrected chi connectivity index (χ3v) is 3.61. The molecule has 0 heterocycles. The fraction of sp³-hybridized carbons (Fsp3) is 0.700. The average molecular weight is 418 g/mol. The van der Waals surface area contributed by atoms with Gasteiger partial charge in [-0.05, 0) is 24.6 Å². The Morgan fingerprint density at radius 1 is 0.552 bits per heavy atom. The van der Waals surface area contributed by atoms with Gasteiger partial charge in [0.1, 0.15) is 24.7 Å². The van der Waals surface area contributed by atoms with Crippen LogP contribution in [-0.2, 0) is 25.4 Å². The normalized spacial score (nSPS) is 11.0. The molecule has 3 N–H and O–H groups in total. The highest BCUT2D eigenvalue weighted by atomic mass is 16.6. The monoisotopic (exact) mass is 418 g/mol. The first-order valence-corrected chi connectivity index (χ1v) is 9.84. The number of ether oxygens (including phenoxy) is 6. The van der Waals surface area contributed by atoms with Crippen molar-refractivity contribution in [3.05, 3.63) is 23.8 Å². The SMILES string of the molecule is OCCOCCOCCOc1ccc(OCCOCCOCCO)c(CCO)c1. The standard InChI is InChI=1S/C20H34O9/c21-4-3-18-17-19(28-15-13-26-11-9-24-7-5-22)1-2-20(18)29-16-14-27-12-10-25-8-6-23/h1-2,17,21-23H,3-16H2. The summed E-state index contributed by atoms with van der Waals surface area (Å²) < 4.78 is 32.4. The molecule has 1 rings (SSSR count). The Morgan fingerprint density at radius 2 is 1.07 bits per heavy atom. The number of hydrogen-bond donors (Lipinski definition) is 3. The summed E-state index contributed by atoms with van der Waals surface area (Å²) >= 11 is 0. The smallest absolute Gasteiger partial charge is 0.122 e. The van der Waals surface area contributed by atoms with Gasteiger partial charge in [-0.15, -0.1) is 0 Å². The fourth-order valence-electron chi connectivity index (χ4n) is 2.30. The molecule has 0 fully saturated rings. The summed E-state index contributed by atoms with van der Waals surface area (Å²) in [4.78, 5) is 0. The molecule has 0 radical (unpaired) electrons. The van der Waals surface area contributed by atoms with Gasteiger partial charge in [0, 0.05) is 12.2 Å². The van der Waals surface area contributed by atoms with Gasteiger partial charge in [0.05, 0.1) is 66.1 Å². The summed E-state index contributed by atoms with van der Waals surface area (Å²) in [6.45, 7) is 4.01. The van der Waals surface area contributed by atoms with Crippen molar-refractivity contribution < 1.29 is 43.7 Å². The molecule has 0 atom stereocenters. The molecular weight excluding hydrogens is 384 g/mol. The van der Waals surface area contributed by atoms with Gasteiger partial charge in [-0.25, -0.2) is 0 Å². The maximum absolute atomic E-state index is 9.28. The quantitative estimate of drug-likeness (QED) is 0.252. The van der Waals surface area contributed by atoms with E-state index in [1.54, 1.807) is 0 Å². The number of aliphatic hydroxyl groups is 3. The van der Waals surface area contributed by atoms with Crippen LogP contribution < -0.4 is 9.47 Å². The molecule has 9 heteroatoms. The fourth-order valence-corrected chi connectivity index (χ4v) is 2.30. The number of benzene rings is 1. The Hall–Kier alpha value is -1.46. The third-order valence-electron chi connectivity index (χ3n) is 3.61. The summed E-state index contributed by atoms with van der Waals surface area (Å²) in [5.74, 6) is 1.36. The number of aliphatic hydroxyl groups excluding tert-OH is 3. The Morgan fingerprint density at radius 3 is 1.62 bits per heavy atom. The lowest BCUT2D eigenvalue weighted by atomic mass is 10.1. The lowest BCUT2D eigenvalue weighted by Gasteiger charge is -2.14. The van der Waals surface area contributed by atoms with Crippen LogP contribution in [0.3, 0.4) is 0 Å². The van der Waals surface area contributed by atoms with E-state index in [0.29, 0.717) is 84.0 Å². The minimum absolute atomic E-state index is 0.00383. The molecule has 29 heavy (non-hydrogen) atoms. The molecule has 0 spiro atoms. The molecule has 1 aromatic rings. The van der Waals surface area contributed by atoms with Crippen LogP contribution in [0.4, 0.5) is 0 Å². The molecule has 1 aromatic carbocycles. The number of rotatable bonds is 20. The summed E-state index contributed by atoms with van der Waals surface area (Å²) in [6.07, 6.45) is 0.459. The molecule has 0 amide bonds. The molecular formula is C20H34O9. The van der Waals surface area contributed by atoms with E-state index >= 15 is 0 Å². The minimum atomic E-state index is 0.00383. The van der Waals surface area contributed by atoms with E-state index in [9.17, 15) is 5.11 Å². The minimum Gasteiger partial charge on any atom is -0.491 e. The first-order chi connectivity index (χ1) is 14.3. The van der Waals surface area contributed by atoms with Gasteiger partial charge in [-0.3, -0.25) is 0 Å². The molecule has 0 unspecified atom stereocenters. The van der Waals surface area contributed by atoms with Gasteiger partial charge in [0.15, 0.2) is 0 Å². The van der Waals surface area contributed by atoms with Gasteiger partial charge in [-0.1, -0.05) is 0 Å². The highest BCUT2D eigenvalue weighted by molar-refractivity contribution is 5.40. The summed E-state index contributed by atoms with van der Waals surface area (Å²) in [7, 11) is 0. The summed E-state index contributed by atoms with van der Waals surface area (Å²) in [5, 5.41) is 26.5. The first kappa shape index (κ1) is 25.6. The average Bonchev–Trinajstić information content (AvgIpc) is 2.73. The third kappa shape index (κ3) is 13.4. The zero-order valence-corrected chi connectivity index (χ0v) is 16.9. The lowest BCUT2D eigenvalue weighted by molar-refractivity contribution is 0.0243. The summed E-state index contributed by atoms with van der Waals surface area (Å²) in [5.41, 5.74) is 0.856. The van der Waals surface area contributed by atoms with E-state index < -0.39 is 0 Å². The first-order valence-electron chi connectivity index (χ1n) is 9.84. The van der Waals surface area contributed by atoms with Crippen LogP contribution in [0.25, 0.3) is 0 Å². The van der Waals surface area contributed by atoms with Crippen LogP contribution in [0.2, 0.25) is 0 Å². The zero-order valence-electron chi connectivity index (χ0n) is 16.9. The topological polar surface area (TPSA) is 116 Å². The van der Waals surface area contributed by atoms with Crippen molar-refractivity contribution >= 4 is 0 Å². The van der Waals surface area contributed by atoms with E-state index in [4.69, 9.17) is 38.6 Å². The molecule has 0 aromatic heterocycles. The highest BCUT2D eigenvalue weighted by Crippen LogP contribution is 2.25. The highest BCUT2D eigenvalue weighted by Gasteiger charge is 2.06. The van der Waals surface area contributed by atoms with Crippen molar-refractivity contribution in [2.24, 2.45) is 0 Å². The Kier molecular flexibility index (Phi) is 16.4. The second-order valence-electron chi connectivity index (χ2n) is 5.84. The number of hydrogen-bond acceptors (Lipinski definition) is 9. The molecule has 0 aliphatic heterocycles. The Labute approximate surface area is 172 Å². The predicted molar refractivity (Wildman–Crippen MR) is 106 cm³/mol. The van der Waals surface area contributed by atoms with Crippen LogP contribution in [0.15, 0.2) is 18.2 Å². The van der Waals surface area contributed by atoms with Crippen LogP contribution in [0, 0.1) is 0 Å². The van der Waals surface area contributed by atoms with E-state index in [-0.39, 0.29) is 19.8 Å². The van der Waals surface area contributed by atoms with E-state index in [2.05, 4.69) is 0 Å². The van der Waals surface area contributed by atoms with Crippen LogP contribution in [0.5, 0.6) is 11.5 Å². The molecule has 0 aliphatic carbocycles. The van der Waals surface area contributed by atoms with Crippen molar-refractivity contribution in [3.8, 4) is 11.5 Å². The largest absolute Gasteiger partial charge is 0.491 e. The van der Waals surface area contributed by atoms with Gasteiger partial charge >= 0.3 is 0 Å². The van der Waals surface area contributed by atoms with Gasteiger partial charge < -0.3 is 43.7 Å². The maximum atomic E-state index is 9.28. The molecule has 0 saturated heterocycles. The molecule has 0 saturated carbocycles. The second kappa shape index (κ2) is 18.6. The summed E-state index contributed by atoms with van der Waals surface area (Å²) in [6, 6.07) is 5.47. The van der Waals surface area contributed by atoms with Gasteiger partial charge in [0.2, 0.25) is 0 Å². The molecule has 0 aliphatic rings. The van der Waals surface area contributed by atoms with Crippen molar-refractivity contribution in [2.45, 2.75) is 6.42 Å². The Bertz CT molecular complexity index is 499. The van der Waals surface area contributed by atoms with Crippen molar-refractivity contribution in [1.29, 1.82) is 0 Å².